The number of fused-ring (bicyclic) bond motifs is 1. The number of anilines is 1. The minimum Gasteiger partial charge on any atom is -0.481 e. The Hall–Kier alpha value is -3.08. The SMILES string of the molecule is Cc1ccccc1-c1cc(=O)oc2cc(NC(C)CC(=O)O)ccc12. The summed E-state index contributed by atoms with van der Waals surface area (Å²) in [5.74, 6) is -0.867. The first-order valence-corrected chi connectivity index (χ1v) is 8.06. The third kappa shape index (κ3) is 3.71. The fraction of sp³-hybridized carbons (Fsp3) is 0.200. The van der Waals surface area contributed by atoms with Crippen LogP contribution in [0.15, 0.2) is 57.7 Å². The molecule has 0 amide bonds. The van der Waals surface area contributed by atoms with Crippen LogP contribution in [-0.4, -0.2) is 17.1 Å². The maximum absolute atomic E-state index is 12.0. The van der Waals surface area contributed by atoms with Crippen molar-refractivity contribution in [2.24, 2.45) is 0 Å². The van der Waals surface area contributed by atoms with Crippen molar-refractivity contribution in [2.75, 3.05) is 5.32 Å². The Balaban J connectivity index is 2.06. The van der Waals surface area contributed by atoms with Crippen molar-refractivity contribution < 1.29 is 14.3 Å². The summed E-state index contributed by atoms with van der Waals surface area (Å²) in [5.41, 5.74) is 3.66. The number of hydrogen-bond donors (Lipinski definition) is 2. The maximum Gasteiger partial charge on any atom is 0.336 e. The zero-order valence-corrected chi connectivity index (χ0v) is 14.1. The molecular weight excluding hydrogens is 318 g/mol. The molecule has 3 aromatic rings. The number of carboxylic acid groups (broad SMARTS) is 1. The molecule has 3 rings (SSSR count). The summed E-state index contributed by atoms with van der Waals surface area (Å²) >= 11 is 0. The van der Waals surface area contributed by atoms with E-state index in [4.69, 9.17) is 9.52 Å². The van der Waals surface area contributed by atoms with Crippen LogP contribution in [0.3, 0.4) is 0 Å². The molecule has 0 aliphatic rings. The van der Waals surface area contributed by atoms with E-state index in [-0.39, 0.29) is 12.5 Å². The molecular formula is C20H19NO4. The van der Waals surface area contributed by atoms with Crippen LogP contribution >= 0.6 is 0 Å². The Morgan fingerprint density at radius 3 is 2.64 bits per heavy atom. The lowest BCUT2D eigenvalue weighted by molar-refractivity contribution is -0.137. The topological polar surface area (TPSA) is 79.5 Å². The Kier molecular flexibility index (Phi) is 4.57. The predicted octanol–water partition coefficient (Wildman–Crippen LogP) is 4.04. The number of benzene rings is 2. The Labute approximate surface area is 144 Å². The molecule has 5 nitrogen and oxygen atoms in total. The number of hydrogen-bond acceptors (Lipinski definition) is 4. The van der Waals surface area contributed by atoms with Crippen molar-refractivity contribution in [3.8, 4) is 11.1 Å². The first-order chi connectivity index (χ1) is 11.9. The monoisotopic (exact) mass is 337 g/mol. The number of carbonyl (C=O) groups is 1. The van der Waals surface area contributed by atoms with E-state index >= 15 is 0 Å². The minimum atomic E-state index is -0.867. The van der Waals surface area contributed by atoms with Crippen LogP contribution in [0.25, 0.3) is 22.1 Å². The Morgan fingerprint density at radius 1 is 1.16 bits per heavy atom. The van der Waals surface area contributed by atoms with Crippen LogP contribution < -0.4 is 10.9 Å². The number of nitrogens with one attached hydrogen (secondary N) is 1. The lowest BCUT2D eigenvalue weighted by Gasteiger charge is -2.14. The first-order valence-electron chi connectivity index (χ1n) is 8.06. The van der Waals surface area contributed by atoms with Crippen LogP contribution in [0.1, 0.15) is 18.9 Å². The van der Waals surface area contributed by atoms with Crippen LogP contribution in [0.2, 0.25) is 0 Å². The highest BCUT2D eigenvalue weighted by atomic mass is 16.4. The van der Waals surface area contributed by atoms with Crippen molar-refractivity contribution in [1.82, 2.24) is 0 Å². The molecule has 1 aromatic heterocycles. The molecule has 0 aliphatic carbocycles. The van der Waals surface area contributed by atoms with Gasteiger partial charge in [-0.15, -0.1) is 0 Å². The van der Waals surface area contributed by atoms with Gasteiger partial charge in [0.15, 0.2) is 0 Å². The van der Waals surface area contributed by atoms with Crippen LogP contribution in [0.5, 0.6) is 0 Å². The largest absolute Gasteiger partial charge is 0.481 e. The molecule has 5 heteroatoms. The van der Waals surface area contributed by atoms with Crippen molar-refractivity contribution in [3.05, 3.63) is 64.5 Å². The van der Waals surface area contributed by atoms with Gasteiger partial charge in [0.1, 0.15) is 5.58 Å². The van der Waals surface area contributed by atoms with Gasteiger partial charge in [0.2, 0.25) is 0 Å². The number of carboxylic acids is 1. The highest BCUT2D eigenvalue weighted by Crippen LogP contribution is 2.31. The molecule has 128 valence electrons. The molecule has 0 fully saturated rings. The van der Waals surface area contributed by atoms with E-state index in [1.807, 2.05) is 43.3 Å². The highest BCUT2D eigenvalue weighted by Gasteiger charge is 2.12. The zero-order chi connectivity index (χ0) is 18.0. The van der Waals surface area contributed by atoms with Gasteiger partial charge in [0.05, 0.1) is 6.42 Å². The quantitative estimate of drug-likeness (QED) is 0.687. The molecule has 2 aromatic carbocycles. The number of rotatable bonds is 5. The summed E-state index contributed by atoms with van der Waals surface area (Å²) in [6.45, 7) is 3.79. The van der Waals surface area contributed by atoms with Crippen molar-refractivity contribution in [3.63, 3.8) is 0 Å². The minimum absolute atomic E-state index is 0.00519. The van der Waals surface area contributed by atoms with Gasteiger partial charge >= 0.3 is 11.6 Å². The fourth-order valence-electron chi connectivity index (χ4n) is 2.95. The summed E-state index contributed by atoms with van der Waals surface area (Å²) < 4.78 is 5.36. The van der Waals surface area contributed by atoms with Gasteiger partial charge in [-0.25, -0.2) is 4.79 Å². The van der Waals surface area contributed by atoms with E-state index in [0.717, 1.165) is 22.1 Å². The molecule has 2 N–H and O–H groups in total. The third-order valence-electron chi connectivity index (χ3n) is 4.07. The van der Waals surface area contributed by atoms with Crippen LogP contribution in [-0.2, 0) is 4.79 Å². The lowest BCUT2D eigenvalue weighted by atomic mass is 9.98. The smallest absolute Gasteiger partial charge is 0.336 e. The van der Waals surface area contributed by atoms with Crippen LogP contribution in [0.4, 0.5) is 5.69 Å². The fourth-order valence-corrected chi connectivity index (χ4v) is 2.95. The third-order valence-corrected chi connectivity index (χ3v) is 4.07. The van der Waals surface area contributed by atoms with Crippen molar-refractivity contribution in [2.45, 2.75) is 26.3 Å². The number of aryl methyl sites for hydroxylation is 1. The molecule has 0 saturated heterocycles. The first kappa shape index (κ1) is 16.8. The average Bonchev–Trinajstić information content (AvgIpc) is 2.53. The standard InChI is InChI=1S/C20H19NO4/c1-12-5-3-4-6-15(12)17-11-20(24)25-18-10-14(7-8-16(17)18)21-13(2)9-19(22)23/h3-8,10-11,13,21H,9H2,1-2H3,(H,22,23). The van der Waals surface area contributed by atoms with Gasteiger partial charge in [-0.3, -0.25) is 4.79 Å². The van der Waals surface area contributed by atoms with Gasteiger partial charge in [-0.05, 0) is 37.1 Å². The molecule has 1 unspecified atom stereocenters. The summed E-state index contributed by atoms with van der Waals surface area (Å²) in [6, 6.07) is 14.6. The lowest BCUT2D eigenvalue weighted by Crippen LogP contribution is -2.19. The van der Waals surface area contributed by atoms with E-state index in [9.17, 15) is 9.59 Å². The van der Waals surface area contributed by atoms with Crippen LogP contribution in [0, 0.1) is 6.92 Å². The van der Waals surface area contributed by atoms with E-state index in [0.29, 0.717) is 11.3 Å². The zero-order valence-electron chi connectivity index (χ0n) is 14.1. The van der Waals surface area contributed by atoms with Crippen molar-refractivity contribution in [1.29, 1.82) is 0 Å². The molecule has 0 spiro atoms. The van der Waals surface area contributed by atoms with E-state index in [2.05, 4.69) is 5.32 Å². The van der Waals surface area contributed by atoms with E-state index in [1.165, 1.54) is 6.07 Å². The van der Waals surface area contributed by atoms with Gasteiger partial charge in [-0.1, -0.05) is 24.3 Å². The normalized spacial score (nSPS) is 12.1. The molecule has 0 radical (unpaired) electrons. The van der Waals surface area contributed by atoms with Gasteiger partial charge < -0.3 is 14.8 Å². The number of aliphatic carboxylic acids is 1. The average molecular weight is 337 g/mol. The summed E-state index contributed by atoms with van der Waals surface area (Å²) in [4.78, 5) is 22.8. The Morgan fingerprint density at radius 2 is 1.92 bits per heavy atom. The highest BCUT2D eigenvalue weighted by molar-refractivity contribution is 5.95. The van der Waals surface area contributed by atoms with Gasteiger partial charge in [0.25, 0.3) is 0 Å². The second-order valence-electron chi connectivity index (χ2n) is 6.15. The second-order valence-corrected chi connectivity index (χ2v) is 6.15. The molecule has 0 saturated carbocycles. The summed E-state index contributed by atoms with van der Waals surface area (Å²) in [7, 11) is 0. The summed E-state index contributed by atoms with van der Waals surface area (Å²) in [5, 5.41) is 12.8. The molecule has 0 bridgehead atoms. The van der Waals surface area contributed by atoms with Gasteiger partial charge in [0, 0.05) is 34.8 Å². The molecule has 1 atom stereocenters. The molecule has 1 heterocycles. The summed E-state index contributed by atoms with van der Waals surface area (Å²) in [6.07, 6.45) is 0.00519. The predicted molar refractivity (Wildman–Crippen MR) is 98.0 cm³/mol. The molecule has 25 heavy (non-hydrogen) atoms. The van der Waals surface area contributed by atoms with E-state index in [1.54, 1.807) is 13.0 Å². The molecule has 0 aliphatic heterocycles. The van der Waals surface area contributed by atoms with Crippen molar-refractivity contribution >= 4 is 22.6 Å². The van der Waals surface area contributed by atoms with Gasteiger partial charge in [-0.2, -0.15) is 0 Å². The Bertz CT molecular complexity index is 990. The second kappa shape index (κ2) is 6.81. The maximum atomic E-state index is 12.0. The van der Waals surface area contributed by atoms with E-state index < -0.39 is 11.6 Å².